The monoisotopic (exact) mass is 407 g/mol. The van der Waals surface area contributed by atoms with Crippen LogP contribution in [0.25, 0.3) is 0 Å². The molecule has 8 heteroatoms. The van der Waals surface area contributed by atoms with Gasteiger partial charge in [-0.05, 0) is 46.6 Å². The number of carbonyl (C=O) groups excluding carboxylic acids is 2. The molecular formula is C16H14BrN3O3S. The number of nitrogens with one attached hydrogen (secondary N) is 1. The number of hydrazone groups is 1. The van der Waals surface area contributed by atoms with Crippen LogP contribution in [0.4, 0.5) is 4.79 Å². The van der Waals surface area contributed by atoms with Gasteiger partial charge in [0.25, 0.3) is 5.91 Å². The molecule has 0 radical (unpaired) electrons. The number of amides is 3. The van der Waals surface area contributed by atoms with Crippen molar-refractivity contribution in [1.29, 1.82) is 0 Å². The van der Waals surface area contributed by atoms with Crippen molar-refractivity contribution in [2.75, 3.05) is 7.11 Å². The fourth-order valence-electron chi connectivity index (χ4n) is 2.36. The van der Waals surface area contributed by atoms with Gasteiger partial charge in [-0.15, -0.1) is 16.3 Å². The van der Waals surface area contributed by atoms with Crippen molar-refractivity contribution in [2.45, 2.75) is 12.5 Å². The first kappa shape index (κ1) is 16.7. The van der Waals surface area contributed by atoms with E-state index < -0.39 is 17.5 Å². The molecule has 0 bridgehead atoms. The quantitative estimate of drug-likeness (QED) is 0.623. The Morgan fingerprint density at radius 2 is 2.04 bits per heavy atom. The second kappa shape index (κ2) is 6.37. The van der Waals surface area contributed by atoms with E-state index in [1.165, 1.54) is 17.6 Å². The maximum Gasteiger partial charge on any atom is 0.346 e. The number of halogens is 1. The van der Waals surface area contributed by atoms with Gasteiger partial charge >= 0.3 is 6.03 Å². The Morgan fingerprint density at radius 1 is 1.33 bits per heavy atom. The van der Waals surface area contributed by atoms with Crippen LogP contribution in [-0.4, -0.2) is 30.3 Å². The second-order valence-corrected chi connectivity index (χ2v) is 7.17. The second-order valence-electron chi connectivity index (χ2n) is 5.31. The van der Waals surface area contributed by atoms with Crippen LogP contribution in [0.1, 0.15) is 17.4 Å². The molecule has 0 spiro atoms. The number of thiophene rings is 1. The van der Waals surface area contributed by atoms with Crippen LogP contribution in [-0.2, 0) is 10.3 Å². The maximum absolute atomic E-state index is 12.7. The van der Waals surface area contributed by atoms with Gasteiger partial charge in [0.2, 0.25) is 0 Å². The van der Waals surface area contributed by atoms with Crippen molar-refractivity contribution in [3.63, 3.8) is 0 Å². The Hall–Kier alpha value is -2.19. The maximum atomic E-state index is 12.7. The molecule has 0 aliphatic carbocycles. The molecule has 6 nitrogen and oxygen atoms in total. The molecule has 1 aliphatic rings. The summed E-state index contributed by atoms with van der Waals surface area (Å²) in [5.41, 5.74) is -0.491. The normalized spacial score (nSPS) is 20.7. The first-order chi connectivity index (χ1) is 11.4. The number of nitrogens with zero attached hydrogens (tertiary/aromatic N) is 2. The summed E-state index contributed by atoms with van der Waals surface area (Å²) in [5.74, 6) is 0.252. The highest BCUT2D eigenvalue weighted by molar-refractivity contribution is 9.10. The summed E-state index contributed by atoms with van der Waals surface area (Å²) < 4.78 is 6.04. The number of hydrogen-bond acceptors (Lipinski definition) is 5. The third-order valence-corrected chi connectivity index (χ3v) is 5.35. The van der Waals surface area contributed by atoms with Crippen LogP contribution in [0, 0.1) is 0 Å². The lowest BCUT2D eigenvalue weighted by Crippen LogP contribution is -2.40. The van der Waals surface area contributed by atoms with Crippen molar-refractivity contribution < 1.29 is 14.3 Å². The van der Waals surface area contributed by atoms with Crippen molar-refractivity contribution >= 4 is 45.4 Å². The summed E-state index contributed by atoms with van der Waals surface area (Å²) in [6, 6.07) is 8.30. The van der Waals surface area contributed by atoms with Crippen molar-refractivity contribution in [2.24, 2.45) is 5.10 Å². The van der Waals surface area contributed by atoms with Gasteiger partial charge in [-0.1, -0.05) is 12.1 Å². The lowest BCUT2D eigenvalue weighted by atomic mass is 9.92. The van der Waals surface area contributed by atoms with E-state index in [1.807, 2.05) is 11.4 Å². The summed E-state index contributed by atoms with van der Waals surface area (Å²) in [4.78, 5) is 25.7. The van der Waals surface area contributed by atoms with E-state index in [2.05, 4.69) is 26.3 Å². The largest absolute Gasteiger partial charge is 0.497 e. The molecule has 2 heterocycles. The highest BCUT2D eigenvalue weighted by Gasteiger charge is 2.49. The smallest absolute Gasteiger partial charge is 0.346 e. The van der Waals surface area contributed by atoms with E-state index in [0.717, 1.165) is 14.4 Å². The van der Waals surface area contributed by atoms with E-state index in [1.54, 1.807) is 38.3 Å². The minimum Gasteiger partial charge on any atom is -0.497 e. The predicted molar refractivity (Wildman–Crippen MR) is 95.3 cm³/mol. The summed E-state index contributed by atoms with van der Waals surface area (Å²) in [6.45, 7) is 1.66. The van der Waals surface area contributed by atoms with Gasteiger partial charge in [-0.3, -0.25) is 4.79 Å². The molecule has 0 unspecified atom stereocenters. The molecule has 1 fully saturated rings. The van der Waals surface area contributed by atoms with Crippen LogP contribution in [0.5, 0.6) is 5.75 Å². The fourth-order valence-corrected chi connectivity index (χ4v) is 3.66. The zero-order chi connectivity index (χ0) is 17.3. The number of hydrogen-bond donors (Lipinski definition) is 1. The van der Waals surface area contributed by atoms with Crippen molar-refractivity contribution in [3.05, 3.63) is 50.6 Å². The van der Waals surface area contributed by atoms with Crippen LogP contribution in [0.2, 0.25) is 0 Å². The molecule has 2 aromatic rings. The molecule has 1 aromatic heterocycles. The summed E-state index contributed by atoms with van der Waals surface area (Å²) in [6.07, 6.45) is 1.49. The number of rotatable bonds is 4. The number of ether oxygens (including phenoxy) is 1. The predicted octanol–water partition coefficient (Wildman–Crippen LogP) is 3.32. The van der Waals surface area contributed by atoms with Crippen LogP contribution in [0.15, 0.2) is 45.3 Å². The Balaban J connectivity index is 1.85. The zero-order valence-electron chi connectivity index (χ0n) is 12.9. The molecule has 3 rings (SSSR count). The van der Waals surface area contributed by atoms with Gasteiger partial charge in [0.05, 0.1) is 13.3 Å². The number of methoxy groups -OCH3 is 1. The number of imide groups is 1. The van der Waals surface area contributed by atoms with E-state index in [0.29, 0.717) is 11.3 Å². The minimum atomic E-state index is -1.16. The minimum absolute atomic E-state index is 0.426. The summed E-state index contributed by atoms with van der Waals surface area (Å²) in [5, 5.41) is 9.49. The third-order valence-electron chi connectivity index (χ3n) is 3.72. The fraction of sp³-hybridized carbons (Fsp3) is 0.188. The number of urea groups is 1. The van der Waals surface area contributed by atoms with Crippen molar-refractivity contribution in [3.8, 4) is 5.75 Å². The molecule has 1 atom stereocenters. The Labute approximate surface area is 151 Å². The molecule has 1 saturated heterocycles. The van der Waals surface area contributed by atoms with E-state index in [-0.39, 0.29) is 0 Å². The molecule has 1 N–H and O–H groups in total. The molecule has 1 aliphatic heterocycles. The topological polar surface area (TPSA) is 71.0 Å². The first-order valence-electron chi connectivity index (χ1n) is 7.03. The van der Waals surface area contributed by atoms with Gasteiger partial charge in [0, 0.05) is 14.7 Å². The Bertz CT molecular complexity index is 818. The van der Waals surface area contributed by atoms with Crippen molar-refractivity contribution in [1.82, 2.24) is 10.3 Å². The Morgan fingerprint density at radius 3 is 2.62 bits per heavy atom. The summed E-state index contributed by atoms with van der Waals surface area (Å²) in [7, 11) is 1.57. The van der Waals surface area contributed by atoms with Gasteiger partial charge < -0.3 is 10.1 Å². The average molecular weight is 408 g/mol. The zero-order valence-corrected chi connectivity index (χ0v) is 15.3. The molecule has 124 valence electrons. The Kier molecular flexibility index (Phi) is 4.42. The highest BCUT2D eigenvalue weighted by Crippen LogP contribution is 2.30. The van der Waals surface area contributed by atoms with Gasteiger partial charge in [-0.25, -0.2) is 4.79 Å². The number of carbonyl (C=O) groups is 2. The highest BCUT2D eigenvalue weighted by atomic mass is 79.9. The van der Waals surface area contributed by atoms with Gasteiger partial charge in [0.15, 0.2) is 0 Å². The standard InChI is InChI=1S/C16H14BrN3O3S/c1-16(10-3-5-12(23-2)6-4-10)14(21)20(15(22)19-16)18-8-13-7-11(17)9-24-13/h3-9H,1-2H3,(H,19,22)/b18-8-/t16-/m1/s1. The van der Waals surface area contributed by atoms with Gasteiger partial charge in [-0.2, -0.15) is 5.10 Å². The molecule has 0 saturated carbocycles. The van der Waals surface area contributed by atoms with Crippen LogP contribution >= 0.6 is 27.3 Å². The lowest BCUT2D eigenvalue weighted by molar-refractivity contribution is -0.131. The molecule has 1 aromatic carbocycles. The van der Waals surface area contributed by atoms with Crippen LogP contribution < -0.4 is 10.1 Å². The lowest BCUT2D eigenvalue weighted by Gasteiger charge is -2.21. The third kappa shape index (κ3) is 2.94. The van der Waals surface area contributed by atoms with E-state index >= 15 is 0 Å². The van der Waals surface area contributed by atoms with E-state index in [9.17, 15) is 9.59 Å². The molecule has 3 amide bonds. The molecular weight excluding hydrogens is 394 g/mol. The number of benzene rings is 1. The molecule has 24 heavy (non-hydrogen) atoms. The average Bonchev–Trinajstić information content (AvgIpc) is 3.08. The van der Waals surface area contributed by atoms with E-state index in [4.69, 9.17) is 4.74 Å². The summed E-state index contributed by atoms with van der Waals surface area (Å²) >= 11 is 4.80. The SMILES string of the molecule is COc1ccc([C@@]2(C)NC(=O)N(/N=C\c3cc(Br)cs3)C2=O)cc1. The van der Waals surface area contributed by atoms with Crippen LogP contribution in [0.3, 0.4) is 0 Å². The first-order valence-corrected chi connectivity index (χ1v) is 8.70. The van der Waals surface area contributed by atoms with Gasteiger partial charge in [0.1, 0.15) is 11.3 Å².